The quantitative estimate of drug-likeness (QED) is 0.202. The Kier molecular flexibility index (Phi) is 4.39. The zero-order valence-corrected chi connectivity index (χ0v) is 23.0. The molecule has 0 aliphatic rings. The summed E-state index contributed by atoms with van der Waals surface area (Å²) in [5.74, 6) is 0. The molecule has 0 amide bonds. The van der Waals surface area contributed by atoms with E-state index in [2.05, 4.69) is 129 Å². The lowest BCUT2D eigenvalue weighted by Gasteiger charge is -2.13. The molecule has 0 spiro atoms. The number of pyridine rings is 2. The second-order valence-electron chi connectivity index (χ2n) is 11.1. The molecule has 10 aromatic rings. The van der Waals surface area contributed by atoms with Crippen LogP contribution in [-0.2, 0) is 0 Å². The molecular weight excluding hydrogens is 526 g/mol. The van der Waals surface area contributed by atoms with Crippen molar-refractivity contribution in [3.05, 3.63) is 140 Å². The Morgan fingerprint density at radius 1 is 0.419 bits per heavy atom. The zero-order chi connectivity index (χ0) is 28.1. The van der Waals surface area contributed by atoms with Crippen LogP contribution in [-0.4, -0.2) is 23.5 Å². The Balaban J connectivity index is 1.54. The normalized spacial score (nSPS) is 12.2. The topological polar surface area (TPSA) is 40.1 Å². The number of fused-ring (bicyclic) bond motifs is 14. The van der Waals surface area contributed by atoms with Crippen molar-refractivity contribution in [1.82, 2.24) is 23.5 Å². The van der Waals surface area contributed by atoms with Gasteiger partial charge < -0.3 is 9.13 Å². The maximum absolute atomic E-state index is 4.83. The number of nitrogens with zero attached hydrogens (tertiary/aromatic N) is 5. The van der Waals surface area contributed by atoms with E-state index in [9.17, 15) is 0 Å². The van der Waals surface area contributed by atoms with Crippen LogP contribution in [0, 0.1) is 0 Å². The lowest BCUT2D eigenvalue weighted by Crippen LogP contribution is -1.97. The molecule has 0 saturated carbocycles. The van der Waals surface area contributed by atoms with Gasteiger partial charge in [0.2, 0.25) is 0 Å². The summed E-state index contributed by atoms with van der Waals surface area (Å²) in [7, 11) is 0. The van der Waals surface area contributed by atoms with Gasteiger partial charge in [-0.25, -0.2) is 4.98 Å². The van der Waals surface area contributed by atoms with Crippen LogP contribution in [0.25, 0.3) is 82.4 Å². The van der Waals surface area contributed by atoms with Crippen molar-refractivity contribution in [2.45, 2.75) is 0 Å². The van der Waals surface area contributed by atoms with Crippen LogP contribution in [0.4, 0.5) is 0 Å². The maximum Gasteiger partial charge on any atom is 0.163 e. The summed E-state index contributed by atoms with van der Waals surface area (Å²) in [6.45, 7) is 0. The highest BCUT2D eigenvalue weighted by Crippen LogP contribution is 2.45. The minimum absolute atomic E-state index is 0.872. The van der Waals surface area contributed by atoms with Gasteiger partial charge in [0.25, 0.3) is 0 Å². The fraction of sp³-hybridized carbons (Fsp3) is 0. The van der Waals surface area contributed by atoms with Crippen LogP contribution in [0.15, 0.2) is 140 Å². The second-order valence-corrected chi connectivity index (χ2v) is 11.1. The van der Waals surface area contributed by atoms with E-state index in [-0.39, 0.29) is 0 Å². The largest absolute Gasteiger partial charge is 0.309 e. The number of hydrogen-bond donors (Lipinski definition) is 0. The van der Waals surface area contributed by atoms with E-state index in [1.54, 1.807) is 0 Å². The van der Waals surface area contributed by atoms with Gasteiger partial charge in [-0.3, -0.25) is 9.38 Å². The van der Waals surface area contributed by atoms with Gasteiger partial charge in [0.15, 0.2) is 5.65 Å². The molecule has 5 aromatic carbocycles. The van der Waals surface area contributed by atoms with Gasteiger partial charge in [0.05, 0.1) is 27.6 Å². The van der Waals surface area contributed by atoms with Crippen LogP contribution in [0.2, 0.25) is 0 Å². The van der Waals surface area contributed by atoms with Crippen molar-refractivity contribution in [2.75, 3.05) is 0 Å². The Bertz CT molecular complexity index is 2710. The molecule has 43 heavy (non-hydrogen) atoms. The zero-order valence-electron chi connectivity index (χ0n) is 23.0. The fourth-order valence-electron chi connectivity index (χ4n) is 7.25. The molecule has 200 valence electrons. The highest BCUT2D eigenvalue weighted by molar-refractivity contribution is 6.31. The van der Waals surface area contributed by atoms with Crippen molar-refractivity contribution in [3.63, 3.8) is 0 Å². The van der Waals surface area contributed by atoms with E-state index < -0.39 is 0 Å². The van der Waals surface area contributed by atoms with Crippen molar-refractivity contribution >= 4 is 71.1 Å². The second kappa shape index (κ2) is 8.30. The minimum atomic E-state index is 0.872. The molecule has 5 heterocycles. The molecule has 0 saturated heterocycles. The number of benzene rings is 5. The molecule has 0 radical (unpaired) electrons. The van der Waals surface area contributed by atoms with Gasteiger partial charge in [0, 0.05) is 62.3 Å². The van der Waals surface area contributed by atoms with Crippen LogP contribution >= 0.6 is 0 Å². The number of aromatic nitrogens is 5. The van der Waals surface area contributed by atoms with Crippen LogP contribution in [0.1, 0.15) is 0 Å². The number of imidazole rings is 1. The molecule has 0 fully saturated rings. The SMILES string of the molecule is c1ccc(-n2c3ccccc3c3ccc4c(c5ccc6c(c7cccnc7c7nccn67)c5n4-c4ccccc4)c32)cc1. The molecule has 0 atom stereocenters. The van der Waals surface area contributed by atoms with Crippen molar-refractivity contribution in [1.29, 1.82) is 0 Å². The maximum atomic E-state index is 4.83. The van der Waals surface area contributed by atoms with E-state index in [0.717, 1.165) is 33.4 Å². The Labute approximate surface area is 245 Å². The molecule has 10 rings (SSSR count). The molecular formula is C38H23N5. The molecule has 0 bridgehead atoms. The first-order valence-electron chi connectivity index (χ1n) is 14.5. The van der Waals surface area contributed by atoms with E-state index in [1.165, 1.54) is 49.0 Å². The highest BCUT2D eigenvalue weighted by Gasteiger charge is 2.23. The minimum Gasteiger partial charge on any atom is -0.309 e. The van der Waals surface area contributed by atoms with Gasteiger partial charge in [-0.1, -0.05) is 66.7 Å². The van der Waals surface area contributed by atoms with E-state index in [1.807, 2.05) is 24.7 Å². The van der Waals surface area contributed by atoms with Gasteiger partial charge in [-0.2, -0.15) is 0 Å². The van der Waals surface area contributed by atoms with Gasteiger partial charge in [0.1, 0.15) is 5.52 Å². The summed E-state index contributed by atoms with van der Waals surface area (Å²) in [6.07, 6.45) is 5.76. The predicted molar refractivity (Wildman–Crippen MR) is 177 cm³/mol. The molecule has 0 N–H and O–H groups in total. The monoisotopic (exact) mass is 549 g/mol. The summed E-state index contributed by atoms with van der Waals surface area (Å²) in [5.41, 5.74) is 9.92. The third-order valence-electron chi connectivity index (χ3n) is 8.92. The molecule has 0 aliphatic carbocycles. The summed E-state index contributed by atoms with van der Waals surface area (Å²) < 4.78 is 7.05. The first kappa shape index (κ1) is 22.7. The van der Waals surface area contributed by atoms with Crippen LogP contribution in [0.3, 0.4) is 0 Å². The number of rotatable bonds is 2. The highest BCUT2D eigenvalue weighted by atomic mass is 15.0. The number of para-hydroxylation sites is 3. The molecule has 0 unspecified atom stereocenters. The first-order valence-corrected chi connectivity index (χ1v) is 14.5. The summed E-state index contributed by atoms with van der Waals surface area (Å²) in [5, 5.41) is 7.21. The van der Waals surface area contributed by atoms with Crippen LogP contribution < -0.4 is 0 Å². The van der Waals surface area contributed by atoms with E-state index in [0.29, 0.717) is 0 Å². The summed E-state index contributed by atoms with van der Waals surface area (Å²) in [6, 6.07) is 43.5. The Morgan fingerprint density at radius 3 is 1.86 bits per heavy atom. The Hall–Kier alpha value is -5.94. The molecule has 5 heteroatoms. The van der Waals surface area contributed by atoms with E-state index >= 15 is 0 Å². The van der Waals surface area contributed by atoms with Gasteiger partial charge in [-0.05, 0) is 54.6 Å². The van der Waals surface area contributed by atoms with Crippen molar-refractivity contribution in [2.24, 2.45) is 0 Å². The molecule has 5 aromatic heterocycles. The Morgan fingerprint density at radius 2 is 1.05 bits per heavy atom. The standard InChI is InChI=1S/C38H23N5/c1-3-10-24(11-4-1)42-30-16-8-7-14-26(30)27-17-20-32-34(36(27)42)29-18-19-31-33(37(29)43(32)25-12-5-2-6-13-25)28-15-9-21-39-35(28)38-40-22-23-41(31)38/h1-23H. The number of hydrogen-bond acceptors (Lipinski definition) is 2. The average Bonchev–Trinajstić information content (AvgIpc) is 3.78. The summed E-state index contributed by atoms with van der Waals surface area (Å²) >= 11 is 0. The predicted octanol–water partition coefficient (Wildman–Crippen LogP) is 9.23. The fourth-order valence-corrected chi connectivity index (χ4v) is 7.25. The lowest BCUT2D eigenvalue weighted by atomic mass is 10.0. The molecule has 0 aliphatic heterocycles. The van der Waals surface area contributed by atoms with Gasteiger partial charge >= 0.3 is 0 Å². The van der Waals surface area contributed by atoms with Gasteiger partial charge in [-0.15, -0.1) is 0 Å². The third-order valence-corrected chi connectivity index (χ3v) is 8.92. The average molecular weight is 550 g/mol. The van der Waals surface area contributed by atoms with E-state index in [4.69, 9.17) is 9.97 Å². The smallest absolute Gasteiger partial charge is 0.163 e. The van der Waals surface area contributed by atoms with Crippen molar-refractivity contribution in [3.8, 4) is 11.4 Å². The first-order chi connectivity index (χ1) is 21.4. The lowest BCUT2D eigenvalue weighted by molar-refractivity contribution is 1.18. The van der Waals surface area contributed by atoms with Crippen LogP contribution in [0.5, 0.6) is 0 Å². The third kappa shape index (κ3) is 2.90. The van der Waals surface area contributed by atoms with Crippen molar-refractivity contribution < 1.29 is 0 Å². The molecule has 5 nitrogen and oxygen atoms in total. The summed E-state index contributed by atoms with van der Waals surface area (Å²) in [4.78, 5) is 9.53.